The fraction of sp³-hybridized carbons (Fsp3) is 0.263. The van der Waals surface area contributed by atoms with Crippen molar-refractivity contribution in [1.82, 2.24) is 0 Å². The van der Waals surface area contributed by atoms with E-state index in [1.54, 1.807) is 0 Å². The van der Waals surface area contributed by atoms with Crippen LogP contribution in [-0.4, -0.2) is 0 Å². The first-order valence-corrected chi connectivity index (χ1v) is 21.0. The Balaban J connectivity index is 1.25. The second-order valence-corrected chi connectivity index (χ2v) is 20.0. The van der Waals surface area contributed by atoms with Crippen molar-refractivity contribution < 1.29 is 0 Å². The topological polar surface area (TPSA) is 3.24 Å². The van der Waals surface area contributed by atoms with Crippen LogP contribution in [0.3, 0.4) is 0 Å². The van der Waals surface area contributed by atoms with E-state index in [4.69, 9.17) is 0 Å². The molecule has 0 bridgehead atoms. The van der Waals surface area contributed by atoms with Crippen LogP contribution in [-0.2, 0) is 21.7 Å². The molecule has 0 radical (unpaired) electrons. The molecular formula is C57H59N. The van der Waals surface area contributed by atoms with Crippen molar-refractivity contribution in [3.8, 4) is 44.5 Å². The van der Waals surface area contributed by atoms with E-state index in [-0.39, 0.29) is 21.7 Å². The lowest BCUT2D eigenvalue weighted by atomic mass is 9.78. The Morgan fingerprint density at radius 2 is 0.793 bits per heavy atom. The zero-order valence-electron chi connectivity index (χ0n) is 36.5. The van der Waals surface area contributed by atoms with Gasteiger partial charge in [-0.3, -0.25) is 0 Å². The van der Waals surface area contributed by atoms with E-state index in [0.29, 0.717) is 0 Å². The molecule has 1 aliphatic rings. The summed E-state index contributed by atoms with van der Waals surface area (Å²) in [5, 5.41) is 0. The third-order valence-corrected chi connectivity index (χ3v) is 12.3. The van der Waals surface area contributed by atoms with Gasteiger partial charge in [0.1, 0.15) is 0 Å². The van der Waals surface area contributed by atoms with E-state index in [0.717, 1.165) is 17.1 Å². The average molecular weight is 758 g/mol. The summed E-state index contributed by atoms with van der Waals surface area (Å²) < 4.78 is 0. The smallest absolute Gasteiger partial charge is 0.0467 e. The molecule has 0 amide bonds. The van der Waals surface area contributed by atoms with Crippen LogP contribution in [0.15, 0.2) is 158 Å². The predicted octanol–water partition coefficient (Wildman–Crippen LogP) is 16.4. The molecule has 0 aromatic heterocycles. The minimum Gasteiger partial charge on any atom is -0.310 e. The molecule has 1 heteroatoms. The van der Waals surface area contributed by atoms with E-state index in [1.807, 2.05) is 0 Å². The van der Waals surface area contributed by atoms with E-state index < -0.39 is 0 Å². The first-order chi connectivity index (χ1) is 27.4. The molecule has 8 rings (SSSR count). The lowest BCUT2D eigenvalue weighted by Crippen LogP contribution is -2.16. The minimum absolute atomic E-state index is 0.0131. The molecule has 0 heterocycles. The van der Waals surface area contributed by atoms with Crippen LogP contribution in [0, 0.1) is 0 Å². The Bertz CT molecular complexity index is 2590. The van der Waals surface area contributed by atoms with Crippen molar-refractivity contribution in [3.05, 3.63) is 186 Å². The molecule has 0 saturated carbocycles. The van der Waals surface area contributed by atoms with Gasteiger partial charge in [0.25, 0.3) is 0 Å². The van der Waals surface area contributed by atoms with Gasteiger partial charge < -0.3 is 4.90 Å². The van der Waals surface area contributed by atoms with Gasteiger partial charge in [0.05, 0.1) is 0 Å². The van der Waals surface area contributed by atoms with Crippen LogP contribution in [0.25, 0.3) is 44.5 Å². The van der Waals surface area contributed by atoms with Crippen LogP contribution >= 0.6 is 0 Å². The van der Waals surface area contributed by atoms with Gasteiger partial charge in [-0.15, -0.1) is 0 Å². The van der Waals surface area contributed by atoms with Crippen molar-refractivity contribution in [1.29, 1.82) is 0 Å². The lowest BCUT2D eigenvalue weighted by molar-refractivity contribution is 0.569. The Hall–Kier alpha value is -5.66. The van der Waals surface area contributed by atoms with Crippen LogP contribution in [0.2, 0.25) is 0 Å². The molecule has 1 aliphatic carbocycles. The highest BCUT2D eigenvalue weighted by Gasteiger charge is 2.36. The van der Waals surface area contributed by atoms with Gasteiger partial charge in [0.2, 0.25) is 0 Å². The van der Waals surface area contributed by atoms with Crippen molar-refractivity contribution in [2.75, 3.05) is 4.90 Å². The van der Waals surface area contributed by atoms with Gasteiger partial charge in [-0.2, -0.15) is 0 Å². The molecule has 0 N–H and O–H groups in total. The fourth-order valence-corrected chi connectivity index (χ4v) is 8.59. The quantitative estimate of drug-likeness (QED) is 0.163. The van der Waals surface area contributed by atoms with Gasteiger partial charge in [0.15, 0.2) is 0 Å². The summed E-state index contributed by atoms with van der Waals surface area (Å²) in [6, 6.07) is 59.3. The van der Waals surface area contributed by atoms with E-state index in [9.17, 15) is 0 Å². The third kappa shape index (κ3) is 7.44. The summed E-state index contributed by atoms with van der Waals surface area (Å²) >= 11 is 0. The van der Waals surface area contributed by atoms with E-state index in [2.05, 4.69) is 239 Å². The number of fused-ring (bicyclic) bond motifs is 3. The summed E-state index contributed by atoms with van der Waals surface area (Å²) in [7, 11) is 0. The third-order valence-electron chi connectivity index (χ3n) is 12.3. The largest absolute Gasteiger partial charge is 0.310 e. The van der Waals surface area contributed by atoms with Gasteiger partial charge in [-0.25, -0.2) is 0 Å². The van der Waals surface area contributed by atoms with Crippen LogP contribution in [0.4, 0.5) is 17.1 Å². The number of hydrogen-bond acceptors (Lipinski definition) is 1. The van der Waals surface area contributed by atoms with E-state index in [1.165, 1.54) is 72.3 Å². The zero-order valence-corrected chi connectivity index (χ0v) is 36.5. The summed E-state index contributed by atoms with van der Waals surface area (Å²) in [6.45, 7) is 25.6. The summed E-state index contributed by atoms with van der Waals surface area (Å²) in [5.74, 6) is 0. The second-order valence-electron chi connectivity index (χ2n) is 20.0. The maximum absolute atomic E-state index is 2.43. The number of nitrogens with zero attached hydrogens (tertiary/aromatic N) is 1. The highest BCUT2D eigenvalue weighted by Crippen LogP contribution is 2.51. The van der Waals surface area contributed by atoms with Crippen LogP contribution in [0.5, 0.6) is 0 Å². The standard InChI is InChI=1S/C57H59N/c1-54(2,3)44-31-41(30-42(32-44)43-33-45(55(4,5)6)36-46(34-43)56(7,8)9)39-24-26-47(27-25-39)58(48-21-17-20-40(35-48)38-18-13-12-14-19-38)49-28-29-51-50-22-15-16-23-52(50)57(10,11)53(51)37-49/h12-37H,1-11H3. The number of hydrogen-bond donors (Lipinski definition) is 0. The van der Waals surface area contributed by atoms with E-state index >= 15 is 0 Å². The molecular weight excluding hydrogens is 699 g/mol. The highest BCUT2D eigenvalue weighted by atomic mass is 15.1. The molecule has 0 spiro atoms. The summed E-state index contributed by atoms with van der Waals surface area (Å²) in [4.78, 5) is 2.43. The molecule has 292 valence electrons. The summed E-state index contributed by atoms with van der Waals surface area (Å²) in [6.07, 6.45) is 0. The Morgan fingerprint density at radius 3 is 1.41 bits per heavy atom. The second kappa shape index (κ2) is 14.3. The Labute approximate surface area is 348 Å². The maximum Gasteiger partial charge on any atom is 0.0467 e. The molecule has 0 atom stereocenters. The first-order valence-electron chi connectivity index (χ1n) is 21.0. The maximum atomic E-state index is 2.43. The van der Waals surface area contributed by atoms with Gasteiger partial charge in [-0.1, -0.05) is 191 Å². The van der Waals surface area contributed by atoms with Crippen molar-refractivity contribution >= 4 is 17.1 Å². The first kappa shape index (κ1) is 39.2. The van der Waals surface area contributed by atoms with Crippen LogP contribution < -0.4 is 4.90 Å². The van der Waals surface area contributed by atoms with Crippen molar-refractivity contribution in [3.63, 3.8) is 0 Å². The Morgan fingerprint density at radius 1 is 0.328 bits per heavy atom. The molecule has 7 aromatic carbocycles. The number of anilines is 3. The molecule has 7 aromatic rings. The number of benzene rings is 7. The molecule has 0 saturated heterocycles. The minimum atomic E-state index is -0.0980. The zero-order chi connectivity index (χ0) is 41.2. The van der Waals surface area contributed by atoms with Crippen molar-refractivity contribution in [2.24, 2.45) is 0 Å². The predicted molar refractivity (Wildman–Crippen MR) is 251 cm³/mol. The highest BCUT2D eigenvalue weighted by molar-refractivity contribution is 5.87. The van der Waals surface area contributed by atoms with Crippen LogP contribution in [0.1, 0.15) is 104 Å². The molecule has 58 heavy (non-hydrogen) atoms. The van der Waals surface area contributed by atoms with Gasteiger partial charge >= 0.3 is 0 Å². The monoisotopic (exact) mass is 757 g/mol. The Kier molecular flexibility index (Phi) is 9.67. The fourth-order valence-electron chi connectivity index (χ4n) is 8.59. The normalized spacial score (nSPS) is 13.6. The molecule has 0 fully saturated rings. The molecule has 0 unspecified atom stereocenters. The number of rotatable bonds is 6. The van der Waals surface area contributed by atoms with Gasteiger partial charge in [0, 0.05) is 22.5 Å². The van der Waals surface area contributed by atoms with Gasteiger partial charge in [-0.05, 0) is 131 Å². The SMILES string of the molecule is CC(C)(C)c1cc(-c2ccc(N(c3cccc(-c4ccccc4)c3)c3ccc4c(c3)C(C)(C)c3ccccc3-4)cc2)cc(-c2cc(C(C)(C)C)cc(C(C)(C)C)c2)c1. The average Bonchev–Trinajstić information content (AvgIpc) is 3.43. The summed E-state index contributed by atoms with van der Waals surface area (Å²) in [5.41, 5.74) is 20.3. The molecule has 1 nitrogen and oxygen atoms in total. The van der Waals surface area contributed by atoms with Crippen molar-refractivity contribution in [2.45, 2.75) is 97.8 Å². The molecule has 0 aliphatic heterocycles. The lowest BCUT2D eigenvalue weighted by Gasteiger charge is -2.29.